The molecule has 0 radical (unpaired) electrons. The fraction of sp³-hybridized carbons (Fsp3) is 0.778. The molecule has 1 fully saturated rings. The molecule has 0 bridgehead atoms. The van der Waals surface area contributed by atoms with Crippen LogP contribution in [-0.2, 0) is 4.74 Å². The van der Waals surface area contributed by atoms with Gasteiger partial charge in [-0.1, -0.05) is 6.08 Å². The molecular formula is C9H16O2. The lowest BCUT2D eigenvalue weighted by Gasteiger charge is -2.21. The van der Waals surface area contributed by atoms with Crippen molar-refractivity contribution in [1.29, 1.82) is 0 Å². The van der Waals surface area contributed by atoms with E-state index in [4.69, 9.17) is 4.74 Å². The summed E-state index contributed by atoms with van der Waals surface area (Å²) in [5.74, 6) is 0. The van der Waals surface area contributed by atoms with Gasteiger partial charge in [-0.15, -0.1) is 6.58 Å². The maximum atomic E-state index is 9.22. The number of rotatable bonds is 2. The van der Waals surface area contributed by atoms with Gasteiger partial charge in [-0.05, 0) is 26.7 Å². The Kier molecular flexibility index (Phi) is 2.35. The first-order valence-electron chi connectivity index (χ1n) is 4.07. The second-order valence-corrected chi connectivity index (χ2v) is 3.45. The molecule has 1 saturated heterocycles. The Hall–Kier alpha value is -0.340. The molecule has 0 aromatic heterocycles. The van der Waals surface area contributed by atoms with Gasteiger partial charge in [0, 0.05) is 0 Å². The minimum Gasteiger partial charge on any atom is -0.391 e. The molecule has 0 unspecified atom stereocenters. The Bertz CT molecular complexity index is 154. The summed E-state index contributed by atoms with van der Waals surface area (Å²) in [6.07, 6.45) is 3.34. The van der Waals surface area contributed by atoms with Crippen LogP contribution in [0.1, 0.15) is 26.7 Å². The molecule has 0 amide bonds. The highest BCUT2D eigenvalue weighted by Gasteiger charge is 2.35. The molecule has 0 aromatic rings. The van der Waals surface area contributed by atoms with Crippen molar-refractivity contribution in [1.82, 2.24) is 0 Å². The van der Waals surface area contributed by atoms with E-state index in [0.29, 0.717) is 0 Å². The van der Waals surface area contributed by atoms with Gasteiger partial charge in [0.05, 0.1) is 17.8 Å². The molecule has 1 N–H and O–H groups in total. The van der Waals surface area contributed by atoms with E-state index in [0.717, 1.165) is 12.8 Å². The van der Waals surface area contributed by atoms with Crippen LogP contribution in [0, 0.1) is 0 Å². The Labute approximate surface area is 67.9 Å². The van der Waals surface area contributed by atoms with Crippen molar-refractivity contribution in [2.45, 2.75) is 44.5 Å². The van der Waals surface area contributed by atoms with Gasteiger partial charge in [0.1, 0.15) is 0 Å². The summed E-state index contributed by atoms with van der Waals surface area (Å²) in [5, 5.41) is 9.22. The molecule has 1 rings (SSSR count). The maximum absolute atomic E-state index is 9.22. The molecule has 0 saturated carbocycles. The summed E-state index contributed by atoms with van der Waals surface area (Å²) in [6, 6.07) is 0. The predicted octanol–water partition coefficient (Wildman–Crippen LogP) is 1.49. The first-order valence-corrected chi connectivity index (χ1v) is 4.07. The third-order valence-corrected chi connectivity index (χ3v) is 2.32. The lowest BCUT2D eigenvalue weighted by Crippen LogP contribution is -2.27. The van der Waals surface area contributed by atoms with Gasteiger partial charge in [0.15, 0.2) is 0 Å². The topological polar surface area (TPSA) is 29.5 Å². The van der Waals surface area contributed by atoms with E-state index in [-0.39, 0.29) is 17.8 Å². The lowest BCUT2D eigenvalue weighted by molar-refractivity contribution is -0.0516. The minimum atomic E-state index is -0.364. The zero-order valence-electron chi connectivity index (χ0n) is 7.21. The van der Waals surface area contributed by atoms with E-state index in [2.05, 4.69) is 6.58 Å². The molecule has 3 atom stereocenters. The number of hydrogen-bond acceptors (Lipinski definition) is 2. The zero-order chi connectivity index (χ0) is 8.48. The third-order valence-electron chi connectivity index (χ3n) is 2.32. The fourth-order valence-electron chi connectivity index (χ4n) is 1.38. The quantitative estimate of drug-likeness (QED) is 0.614. The SMILES string of the molecule is C=C[C@@]1(C)CC[C@@H]([C@H](C)O)O1. The van der Waals surface area contributed by atoms with Gasteiger partial charge in [0.2, 0.25) is 0 Å². The summed E-state index contributed by atoms with van der Waals surface area (Å²) >= 11 is 0. The summed E-state index contributed by atoms with van der Waals surface area (Å²) in [6.45, 7) is 7.47. The summed E-state index contributed by atoms with van der Waals surface area (Å²) < 4.78 is 5.59. The molecule has 0 aliphatic carbocycles. The number of ether oxygens (including phenoxy) is 1. The molecule has 1 aliphatic rings. The van der Waals surface area contributed by atoms with E-state index >= 15 is 0 Å². The predicted molar refractivity (Wildman–Crippen MR) is 44.4 cm³/mol. The van der Waals surface area contributed by atoms with E-state index < -0.39 is 0 Å². The van der Waals surface area contributed by atoms with Gasteiger partial charge in [-0.25, -0.2) is 0 Å². The molecule has 0 aromatic carbocycles. The smallest absolute Gasteiger partial charge is 0.0844 e. The van der Waals surface area contributed by atoms with Crippen molar-refractivity contribution in [3.05, 3.63) is 12.7 Å². The molecule has 1 heterocycles. The summed E-state index contributed by atoms with van der Waals surface area (Å²) in [5.41, 5.74) is -0.207. The first-order chi connectivity index (χ1) is 5.07. The van der Waals surface area contributed by atoms with Gasteiger partial charge in [0.25, 0.3) is 0 Å². The normalized spacial score (nSPS) is 40.5. The van der Waals surface area contributed by atoms with Gasteiger partial charge in [-0.3, -0.25) is 0 Å². The van der Waals surface area contributed by atoms with E-state index in [1.807, 2.05) is 13.0 Å². The van der Waals surface area contributed by atoms with Crippen LogP contribution in [-0.4, -0.2) is 22.9 Å². The maximum Gasteiger partial charge on any atom is 0.0844 e. The highest BCUT2D eigenvalue weighted by molar-refractivity contribution is 4.99. The molecule has 2 nitrogen and oxygen atoms in total. The fourth-order valence-corrected chi connectivity index (χ4v) is 1.38. The second kappa shape index (κ2) is 2.95. The standard InChI is InChI=1S/C9H16O2/c1-4-9(3)6-5-8(11-9)7(2)10/h4,7-8,10H,1,5-6H2,2-3H3/t7-,8-,9-/m0/s1. The summed E-state index contributed by atoms with van der Waals surface area (Å²) in [4.78, 5) is 0. The van der Waals surface area contributed by atoms with Crippen LogP contribution in [0.15, 0.2) is 12.7 Å². The zero-order valence-corrected chi connectivity index (χ0v) is 7.21. The largest absolute Gasteiger partial charge is 0.391 e. The number of aliphatic hydroxyl groups is 1. The van der Waals surface area contributed by atoms with Crippen LogP contribution >= 0.6 is 0 Å². The van der Waals surface area contributed by atoms with Crippen molar-refractivity contribution in [2.24, 2.45) is 0 Å². The average Bonchev–Trinajstić information content (AvgIpc) is 2.33. The first kappa shape index (κ1) is 8.75. The monoisotopic (exact) mass is 156 g/mol. The van der Waals surface area contributed by atoms with Crippen LogP contribution in [0.3, 0.4) is 0 Å². The molecule has 0 spiro atoms. The number of aliphatic hydroxyl groups excluding tert-OH is 1. The van der Waals surface area contributed by atoms with E-state index in [1.165, 1.54) is 0 Å². The minimum absolute atomic E-state index is 0.00185. The third kappa shape index (κ3) is 1.82. The highest BCUT2D eigenvalue weighted by Crippen LogP contribution is 2.32. The van der Waals surface area contributed by atoms with Crippen molar-refractivity contribution in [3.8, 4) is 0 Å². The summed E-state index contributed by atoms with van der Waals surface area (Å²) in [7, 11) is 0. The highest BCUT2D eigenvalue weighted by atomic mass is 16.5. The molecule has 1 aliphatic heterocycles. The Morgan fingerprint density at radius 1 is 1.82 bits per heavy atom. The van der Waals surface area contributed by atoms with Crippen molar-refractivity contribution in [3.63, 3.8) is 0 Å². The van der Waals surface area contributed by atoms with Crippen molar-refractivity contribution < 1.29 is 9.84 Å². The number of hydrogen-bond donors (Lipinski definition) is 1. The molecular weight excluding hydrogens is 140 g/mol. The van der Waals surface area contributed by atoms with Crippen molar-refractivity contribution >= 4 is 0 Å². The van der Waals surface area contributed by atoms with Crippen molar-refractivity contribution in [2.75, 3.05) is 0 Å². The Morgan fingerprint density at radius 3 is 2.73 bits per heavy atom. The lowest BCUT2D eigenvalue weighted by atomic mass is 10.0. The van der Waals surface area contributed by atoms with Crippen LogP contribution < -0.4 is 0 Å². The van der Waals surface area contributed by atoms with Gasteiger partial charge < -0.3 is 9.84 Å². The average molecular weight is 156 g/mol. The van der Waals surface area contributed by atoms with Gasteiger partial charge >= 0.3 is 0 Å². The van der Waals surface area contributed by atoms with Gasteiger partial charge in [-0.2, -0.15) is 0 Å². The van der Waals surface area contributed by atoms with E-state index in [1.54, 1.807) is 6.92 Å². The van der Waals surface area contributed by atoms with Crippen LogP contribution in [0.5, 0.6) is 0 Å². The second-order valence-electron chi connectivity index (χ2n) is 3.45. The Balaban J connectivity index is 2.52. The van der Waals surface area contributed by atoms with E-state index in [9.17, 15) is 5.11 Å². The van der Waals surface area contributed by atoms with Crippen LogP contribution in [0.25, 0.3) is 0 Å². The van der Waals surface area contributed by atoms with Crippen LogP contribution in [0.4, 0.5) is 0 Å². The molecule has 2 heteroatoms. The molecule has 64 valence electrons. The Morgan fingerprint density at radius 2 is 2.45 bits per heavy atom. The van der Waals surface area contributed by atoms with Crippen LogP contribution in [0.2, 0.25) is 0 Å². The molecule has 11 heavy (non-hydrogen) atoms.